The summed E-state index contributed by atoms with van der Waals surface area (Å²) in [4.78, 5) is 26.4. The van der Waals surface area contributed by atoms with E-state index in [1.165, 1.54) is 0 Å². The topological polar surface area (TPSA) is 49.4 Å². The number of carbonyl (C=O) groups excluding carboxylic acids is 2. The molecule has 0 heterocycles. The van der Waals surface area contributed by atoms with Crippen molar-refractivity contribution in [1.82, 2.24) is 5.32 Å². The average molecular weight is 367 g/mol. The molecule has 2 rings (SSSR count). The van der Waals surface area contributed by atoms with Crippen molar-refractivity contribution in [1.29, 1.82) is 0 Å². The van der Waals surface area contributed by atoms with E-state index in [1.54, 1.807) is 11.8 Å². The normalized spacial score (nSPS) is 10.5. The second-order valence-electron chi connectivity index (χ2n) is 6.76. The molecule has 1 N–H and O–H groups in total. The maximum Gasteiger partial charge on any atom is 0.223 e. The zero-order chi connectivity index (χ0) is 19.8. The average Bonchev–Trinajstić information content (AvgIpc) is 2.67. The highest BCUT2D eigenvalue weighted by molar-refractivity contribution is 5.94. The van der Waals surface area contributed by atoms with Gasteiger partial charge in [0, 0.05) is 32.1 Å². The molecule has 0 spiro atoms. The van der Waals surface area contributed by atoms with E-state index in [0.29, 0.717) is 13.1 Å². The van der Waals surface area contributed by atoms with Gasteiger partial charge in [-0.2, -0.15) is 0 Å². The molecule has 0 bridgehead atoms. The van der Waals surface area contributed by atoms with Crippen molar-refractivity contribution in [2.45, 2.75) is 53.5 Å². The Labute approximate surface area is 162 Å². The van der Waals surface area contributed by atoms with Gasteiger partial charge in [-0.25, -0.2) is 0 Å². The Hall–Kier alpha value is -2.62. The van der Waals surface area contributed by atoms with Crippen molar-refractivity contribution in [2.24, 2.45) is 0 Å². The summed E-state index contributed by atoms with van der Waals surface area (Å²) in [6.07, 6.45) is 1.99. The molecular formula is C23H30N2O2. The number of amides is 2. The molecule has 0 aliphatic heterocycles. The van der Waals surface area contributed by atoms with Crippen LogP contribution < -0.4 is 10.2 Å². The van der Waals surface area contributed by atoms with Crippen molar-refractivity contribution in [2.75, 3.05) is 11.4 Å². The molecule has 4 heteroatoms. The van der Waals surface area contributed by atoms with Crippen LogP contribution in [0.4, 0.5) is 5.69 Å². The summed E-state index contributed by atoms with van der Waals surface area (Å²) in [5.41, 5.74) is 5.53. The van der Waals surface area contributed by atoms with Crippen LogP contribution in [-0.2, 0) is 29.0 Å². The Balaban J connectivity index is 2.06. The van der Waals surface area contributed by atoms with Crippen molar-refractivity contribution in [3.63, 3.8) is 0 Å². The molecule has 0 atom stereocenters. The number of benzene rings is 2. The number of hydrogen-bond acceptors (Lipinski definition) is 2. The molecule has 2 aromatic rings. The molecule has 0 aromatic heterocycles. The van der Waals surface area contributed by atoms with E-state index in [0.717, 1.165) is 40.8 Å². The first-order valence-corrected chi connectivity index (χ1v) is 9.68. The van der Waals surface area contributed by atoms with Crippen LogP contribution in [0.1, 0.15) is 49.4 Å². The first-order chi connectivity index (χ1) is 13.0. The molecule has 0 saturated carbocycles. The molecule has 0 fully saturated rings. The number of nitrogens with zero attached hydrogens (tertiary/aromatic N) is 1. The Morgan fingerprint density at radius 1 is 0.926 bits per heavy atom. The third kappa shape index (κ3) is 5.43. The van der Waals surface area contributed by atoms with Gasteiger partial charge in [-0.05, 0) is 42.0 Å². The van der Waals surface area contributed by atoms with Crippen molar-refractivity contribution in [3.05, 3.63) is 64.7 Å². The zero-order valence-electron chi connectivity index (χ0n) is 16.8. The standard InChI is InChI=1S/C23H30N2O2/c1-5-19-12-9-13-20(6-2)23(19)25(18(4)26)15-14-22(27)24-16-21-11-8-7-10-17(21)3/h7-13H,5-6,14-16H2,1-4H3,(H,24,27). The molecule has 0 unspecified atom stereocenters. The summed E-state index contributed by atoms with van der Waals surface area (Å²) in [6.45, 7) is 8.68. The van der Waals surface area contributed by atoms with Gasteiger partial charge in [0.05, 0.1) is 0 Å². The lowest BCUT2D eigenvalue weighted by molar-refractivity contribution is -0.121. The lowest BCUT2D eigenvalue weighted by atomic mass is 10.0. The zero-order valence-corrected chi connectivity index (χ0v) is 16.8. The van der Waals surface area contributed by atoms with Gasteiger partial charge in [-0.3, -0.25) is 9.59 Å². The molecule has 144 valence electrons. The molecular weight excluding hydrogens is 336 g/mol. The maximum atomic E-state index is 12.3. The van der Waals surface area contributed by atoms with Crippen molar-refractivity contribution < 1.29 is 9.59 Å². The minimum absolute atomic E-state index is 0.0303. The summed E-state index contributed by atoms with van der Waals surface area (Å²) in [5.74, 6) is -0.0752. The van der Waals surface area contributed by atoms with Crippen LogP contribution >= 0.6 is 0 Å². The number of para-hydroxylation sites is 1. The number of carbonyl (C=O) groups is 2. The summed E-state index contributed by atoms with van der Waals surface area (Å²) < 4.78 is 0. The van der Waals surface area contributed by atoms with E-state index in [2.05, 4.69) is 31.3 Å². The van der Waals surface area contributed by atoms with Crippen molar-refractivity contribution >= 4 is 17.5 Å². The van der Waals surface area contributed by atoms with Crippen molar-refractivity contribution in [3.8, 4) is 0 Å². The van der Waals surface area contributed by atoms with Crippen LogP contribution in [0.25, 0.3) is 0 Å². The van der Waals surface area contributed by atoms with Crippen LogP contribution in [0.3, 0.4) is 0 Å². The van der Waals surface area contributed by atoms with Crippen LogP contribution in [-0.4, -0.2) is 18.4 Å². The van der Waals surface area contributed by atoms with E-state index in [-0.39, 0.29) is 18.2 Å². The minimum atomic E-state index is -0.0449. The van der Waals surface area contributed by atoms with Gasteiger partial charge in [-0.15, -0.1) is 0 Å². The number of rotatable bonds is 8. The van der Waals surface area contributed by atoms with E-state index in [1.807, 2.05) is 37.3 Å². The monoisotopic (exact) mass is 366 g/mol. The predicted molar refractivity (Wildman–Crippen MR) is 111 cm³/mol. The highest BCUT2D eigenvalue weighted by atomic mass is 16.2. The largest absolute Gasteiger partial charge is 0.352 e. The Kier molecular flexibility index (Phi) is 7.59. The predicted octanol–water partition coefficient (Wildman–Crippen LogP) is 4.18. The summed E-state index contributed by atoms with van der Waals surface area (Å²) in [6, 6.07) is 14.2. The number of nitrogens with one attached hydrogen (secondary N) is 1. The SMILES string of the molecule is CCc1cccc(CC)c1N(CCC(=O)NCc1ccccc1C)C(C)=O. The van der Waals surface area contributed by atoms with Gasteiger partial charge in [0.2, 0.25) is 11.8 Å². The third-order valence-corrected chi connectivity index (χ3v) is 4.91. The van der Waals surface area contributed by atoms with Gasteiger partial charge in [0.15, 0.2) is 0 Å². The third-order valence-electron chi connectivity index (χ3n) is 4.91. The van der Waals surface area contributed by atoms with Gasteiger partial charge >= 0.3 is 0 Å². The fourth-order valence-corrected chi connectivity index (χ4v) is 3.29. The summed E-state index contributed by atoms with van der Waals surface area (Å²) >= 11 is 0. The molecule has 0 radical (unpaired) electrons. The van der Waals surface area contributed by atoms with Crippen LogP contribution in [0, 0.1) is 6.92 Å². The molecule has 4 nitrogen and oxygen atoms in total. The molecule has 2 aromatic carbocycles. The smallest absolute Gasteiger partial charge is 0.223 e. The summed E-state index contributed by atoms with van der Waals surface area (Å²) in [7, 11) is 0. The van der Waals surface area contributed by atoms with Crippen LogP contribution in [0.5, 0.6) is 0 Å². The van der Waals surface area contributed by atoms with Crippen LogP contribution in [0.2, 0.25) is 0 Å². The molecule has 27 heavy (non-hydrogen) atoms. The Morgan fingerprint density at radius 3 is 2.07 bits per heavy atom. The van der Waals surface area contributed by atoms with Gasteiger partial charge in [-0.1, -0.05) is 56.3 Å². The second-order valence-corrected chi connectivity index (χ2v) is 6.76. The highest BCUT2D eigenvalue weighted by Gasteiger charge is 2.19. The lowest BCUT2D eigenvalue weighted by Gasteiger charge is -2.26. The van der Waals surface area contributed by atoms with Crippen LogP contribution in [0.15, 0.2) is 42.5 Å². The molecule has 2 amide bonds. The highest BCUT2D eigenvalue weighted by Crippen LogP contribution is 2.27. The maximum absolute atomic E-state index is 12.3. The lowest BCUT2D eigenvalue weighted by Crippen LogP contribution is -2.35. The molecule has 0 aliphatic carbocycles. The van der Waals surface area contributed by atoms with Gasteiger partial charge in [0.25, 0.3) is 0 Å². The number of anilines is 1. The van der Waals surface area contributed by atoms with Gasteiger partial charge < -0.3 is 10.2 Å². The molecule has 0 saturated heterocycles. The second kappa shape index (κ2) is 9.91. The number of aryl methyl sites for hydroxylation is 3. The Bertz CT molecular complexity index is 776. The first-order valence-electron chi connectivity index (χ1n) is 9.68. The van der Waals surface area contributed by atoms with E-state index in [4.69, 9.17) is 0 Å². The fraction of sp³-hybridized carbons (Fsp3) is 0.391. The molecule has 0 aliphatic rings. The summed E-state index contributed by atoms with van der Waals surface area (Å²) in [5, 5.41) is 2.97. The van der Waals surface area contributed by atoms with E-state index >= 15 is 0 Å². The Morgan fingerprint density at radius 2 is 1.52 bits per heavy atom. The quantitative estimate of drug-likeness (QED) is 0.762. The first kappa shape index (κ1) is 20.7. The number of hydrogen-bond donors (Lipinski definition) is 1. The fourth-order valence-electron chi connectivity index (χ4n) is 3.29. The van der Waals surface area contributed by atoms with E-state index in [9.17, 15) is 9.59 Å². The minimum Gasteiger partial charge on any atom is -0.352 e. The van der Waals surface area contributed by atoms with E-state index < -0.39 is 0 Å². The van der Waals surface area contributed by atoms with Gasteiger partial charge in [0.1, 0.15) is 0 Å².